The Kier molecular flexibility index (Phi) is 4.62. The maximum absolute atomic E-state index is 11.5. The molecule has 88 valence electrons. The van der Waals surface area contributed by atoms with Crippen LogP contribution in [0.5, 0.6) is 0 Å². The van der Waals surface area contributed by atoms with Crippen molar-refractivity contribution in [3.8, 4) is 6.19 Å². The molecule has 5 nitrogen and oxygen atoms in total. The molecule has 0 N–H and O–H groups in total. The van der Waals surface area contributed by atoms with Gasteiger partial charge in [0.1, 0.15) is 0 Å². The van der Waals surface area contributed by atoms with Crippen molar-refractivity contribution >= 4 is 22.9 Å². The number of rotatable bonds is 1. The highest BCUT2D eigenvalue weighted by molar-refractivity contribution is 8.13. The van der Waals surface area contributed by atoms with Crippen molar-refractivity contribution in [2.45, 2.75) is 6.92 Å². The van der Waals surface area contributed by atoms with E-state index in [9.17, 15) is 4.79 Å². The number of carbonyl (C=O) groups excluding carboxylic acids is 1. The van der Waals surface area contributed by atoms with Gasteiger partial charge in [0, 0.05) is 13.1 Å². The summed E-state index contributed by atoms with van der Waals surface area (Å²) in [4.78, 5) is 17.2. The highest BCUT2D eigenvalue weighted by Gasteiger charge is 2.36. The molecule has 6 heteroatoms. The van der Waals surface area contributed by atoms with Crippen LogP contribution in [0.2, 0.25) is 0 Å². The van der Waals surface area contributed by atoms with E-state index < -0.39 is 0 Å². The quantitative estimate of drug-likeness (QED) is 0.296. The summed E-state index contributed by atoms with van der Waals surface area (Å²) in [6, 6.07) is 0. The van der Waals surface area contributed by atoms with E-state index in [1.807, 2.05) is 18.1 Å². The topological polar surface area (TPSA) is 65.7 Å². The molecule has 0 amide bonds. The molecule has 1 rings (SSSR count). The van der Waals surface area contributed by atoms with E-state index in [-0.39, 0.29) is 17.8 Å². The van der Waals surface area contributed by atoms with Crippen LogP contribution in [-0.4, -0.2) is 42.5 Å². The largest absolute Gasteiger partial charge is 0.469 e. The van der Waals surface area contributed by atoms with Gasteiger partial charge in [0.2, 0.25) is 6.19 Å². The van der Waals surface area contributed by atoms with Crippen molar-refractivity contribution in [1.29, 1.82) is 5.26 Å². The van der Waals surface area contributed by atoms with Crippen molar-refractivity contribution in [3.63, 3.8) is 0 Å². The second-order valence-electron chi connectivity index (χ2n) is 3.71. The number of nitrogens with zero attached hydrogens (tertiary/aromatic N) is 3. The van der Waals surface area contributed by atoms with Crippen LogP contribution < -0.4 is 0 Å². The Hall–Kier alpha value is -1.22. The molecule has 0 spiro atoms. The lowest BCUT2D eigenvalue weighted by Crippen LogP contribution is -2.28. The van der Waals surface area contributed by atoms with Crippen LogP contribution in [0.25, 0.3) is 0 Å². The van der Waals surface area contributed by atoms with Gasteiger partial charge in [0.15, 0.2) is 5.17 Å². The first kappa shape index (κ1) is 12.8. The number of hydrogen-bond donors (Lipinski definition) is 0. The number of nitriles is 1. The summed E-state index contributed by atoms with van der Waals surface area (Å²) in [5, 5.41) is 9.21. The predicted molar refractivity (Wildman–Crippen MR) is 62.8 cm³/mol. The Balaban J connectivity index is 2.73. The Morgan fingerprint density at radius 3 is 2.81 bits per heavy atom. The molecule has 1 fully saturated rings. The Morgan fingerprint density at radius 2 is 2.31 bits per heavy atom. The fourth-order valence-corrected chi connectivity index (χ4v) is 2.41. The van der Waals surface area contributed by atoms with Crippen molar-refractivity contribution in [2.24, 2.45) is 16.8 Å². The van der Waals surface area contributed by atoms with Gasteiger partial charge >= 0.3 is 5.97 Å². The third-order valence-electron chi connectivity index (χ3n) is 2.72. The number of esters is 1. The van der Waals surface area contributed by atoms with Gasteiger partial charge in [-0.15, -0.1) is 4.99 Å². The first-order chi connectivity index (χ1) is 7.63. The lowest BCUT2D eigenvalue weighted by atomic mass is 9.99. The zero-order chi connectivity index (χ0) is 12.1. The van der Waals surface area contributed by atoms with E-state index in [0.717, 1.165) is 6.54 Å². The summed E-state index contributed by atoms with van der Waals surface area (Å²) in [5.41, 5.74) is 0. The number of hydrogen-bond acceptors (Lipinski definition) is 5. The number of ether oxygens (including phenoxy) is 1. The normalized spacial score (nSPS) is 25.4. The smallest absolute Gasteiger partial charge is 0.310 e. The van der Waals surface area contributed by atoms with Gasteiger partial charge in [-0.1, -0.05) is 18.7 Å². The second kappa shape index (κ2) is 5.75. The van der Waals surface area contributed by atoms with Gasteiger partial charge in [-0.05, 0) is 12.2 Å². The molecule has 1 heterocycles. The van der Waals surface area contributed by atoms with Crippen LogP contribution in [0.3, 0.4) is 0 Å². The summed E-state index contributed by atoms with van der Waals surface area (Å²) in [7, 11) is 1.40. The summed E-state index contributed by atoms with van der Waals surface area (Å²) < 4.78 is 4.75. The lowest BCUT2D eigenvalue weighted by molar-refractivity contribution is -0.145. The van der Waals surface area contributed by atoms with Crippen LogP contribution in [0.4, 0.5) is 0 Å². The van der Waals surface area contributed by atoms with Crippen molar-refractivity contribution in [3.05, 3.63) is 0 Å². The van der Waals surface area contributed by atoms with Gasteiger partial charge in [-0.25, -0.2) is 0 Å². The van der Waals surface area contributed by atoms with E-state index in [4.69, 9.17) is 10.00 Å². The first-order valence-electron chi connectivity index (χ1n) is 4.97. The lowest BCUT2D eigenvalue weighted by Gasteiger charge is -2.17. The van der Waals surface area contributed by atoms with Crippen molar-refractivity contribution in [1.82, 2.24) is 4.90 Å². The van der Waals surface area contributed by atoms with Crippen LogP contribution in [0, 0.1) is 23.3 Å². The molecule has 0 aromatic rings. The number of thioether (sulfide) groups is 1. The fraction of sp³-hybridized carbons (Fsp3) is 0.700. The van der Waals surface area contributed by atoms with E-state index in [2.05, 4.69) is 4.99 Å². The predicted octanol–water partition coefficient (Wildman–Crippen LogP) is 0.927. The maximum Gasteiger partial charge on any atom is 0.310 e. The molecular weight excluding hydrogens is 226 g/mol. The molecule has 1 saturated heterocycles. The maximum atomic E-state index is 11.5. The van der Waals surface area contributed by atoms with Gasteiger partial charge < -0.3 is 9.64 Å². The zero-order valence-electron chi connectivity index (χ0n) is 9.64. The molecule has 2 atom stereocenters. The monoisotopic (exact) mass is 241 g/mol. The first-order valence-corrected chi connectivity index (χ1v) is 6.20. The summed E-state index contributed by atoms with van der Waals surface area (Å²) >= 11 is 1.42. The molecule has 0 aromatic carbocycles. The van der Waals surface area contributed by atoms with E-state index >= 15 is 0 Å². The van der Waals surface area contributed by atoms with Gasteiger partial charge in [0.25, 0.3) is 0 Å². The minimum Gasteiger partial charge on any atom is -0.469 e. The number of carbonyl (C=O) groups is 1. The van der Waals surface area contributed by atoms with Gasteiger partial charge in [-0.3, -0.25) is 4.79 Å². The molecule has 1 aliphatic rings. The van der Waals surface area contributed by atoms with Crippen LogP contribution >= 0.6 is 11.8 Å². The Labute approximate surface area is 99.5 Å². The van der Waals surface area contributed by atoms with Crippen molar-refractivity contribution < 1.29 is 9.53 Å². The van der Waals surface area contributed by atoms with Crippen LogP contribution in [0.15, 0.2) is 4.99 Å². The van der Waals surface area contributed by atoms with Gasteiger partial charge in [-0.2, -0.15) is 5.26 Å². The molecular formula is C10H15N3O2S. The summed E-state index contributed by atoms with van der Waals surface area (Å²) in [5.74, 6) is -0.0862. The Morgan fingerprint density at radius 1 is 1.62 bits per heavy atom. The van der Waals surface area contributed by atoms with Crippen LogP contribution in [0.1, 0.15) is 6.92 Å². The number of methoxy groups -OCH3 is 1. The van der Waals surface area contributed by atoms with E-state index in [1.165, 1.54) is 18.9 Å². The fourth-order valence-electron chi connectivity index (χ4n) is 1.87. The molecule has 0 aliphatic carbocycles. The van der Waals surface area contributed by atoms with E-state index in [1.54, 1.807) is 6.19 Å². The molecule has 0 saturated carbocycles. The Bertz CT molecular complexity index is 337. The molecule has 0 radical (unpaired) electrons. The average molecular weight is 241 g/mol. The highest BCUT2D eigenvalue weighted by Crippen LogP contribution is 2.26. The minimum absolute atomic E-state index is 0.124. The number of aliphatic imine (C=N–C) groups is 1. The third kappa shape index (κ3) is 2.67. The molecule has 16 heavy (non-hydrogen) atoms. The van der Waals surface area contributed by atoms with E-state index in [0.29, 0.717) is 11.7 Å². The molecule has 2 unspecified atom stereocenters. The van der Waals surface area contributed by atoms with Crippen LogP contribution in [-0.2, 0) is 9.53 Å². The summed E-state index contributed by atoms with van der Waals surface area (Å²) in [6.07, 6.45) is 3.65. The zero-order valence-corrected chi connectivity index (χ0v) is 10.5. The summed E-state index contributed by atoms with van der Waals surface area (Å²) in [6.45, 7) is 3.32. The average Bonchev–Trinajstić information content (AvgIpc) is 2.67. The molecule has 0 aromatic heterocycles. The SMILES string of the molecule is COC(=O)C1CN(C(=NC#N)SC)CC1C. The highest BCUT2D eigenvalue weighted by atomic mass is 32.2. The molecule has 1 aliphatic heterocycles. The number of likely N-dealkylation sites (tertiary alicyclic amines) is 1. The molecule has 0 bridgehead atoms. The second-order valence-corrected chi connectivity index (χ2v) is 4.48. The van der Waals surface area contributed by atoms with Gasteiger partial charge in [0.05, 0.1) is 13.0 Å². The minimum atomic E-state index is -0.188. The standard InChI is InChI=1S/C10H15N3O2S/c1-7-4-13(10(16-3)12-6-11)5-8(7)9(14)15-2/h7-8H,4-5H2,1-3H3. The third-order valence-corrected chi connectivity index (χ3v) is 3.43. The van der Waals surface area contributed by atoms with Crippen molar-refractivity contribution in [2.75, 3.05) is 26.5 Å². The number of amidine groups is 1.